The van der Waals surface area contributed by atoms with Gasteiger partial charge in [0.1, 0.15) is 11.7 Å². The van der Waals surface area contributed by atoms with Crippen LogP contribution in [-0.2, 0) is 4.74 Å². The second kappa shape index (κ2) is 3.75. The molecule has 1 aliphatic heterocycles. The van der Waals surface area contributed by atoms with Gasteiger partial charge in [0.25, 0.3) is 0 Å². The zero-order valence-electron chi connectivity index (χ0n) is 7.84. The molecule has 0 bridgehead atoms. The zero-order chi connectivity index (χ0) is 10.1. The van der Waals surface area contributed by atoms with Crippen molar-refractivity contribution in [3.63, 3.8) is 0 Å². The van der Waals surface area contributed by atoms with Crippen molar-refractivity contribution in [1.29, 1.82) is 0 Å². The first-order valence-electron chi connectivity index (χ1n) is 4.36. The summed E-state index contributed by atoms with van der Waals surface area (Å²) >= 11 is 0. The highest BCUT2D eigenvalue weighted by molar-refractivity contribution is 5.12. The molecule has 0 saturated carbocycles. The number of aliphatic hydroxyl groups excluding tert-OH is 2. The lowest BCUT2D eigenvalue weighted by Gasteiger charge is -2.19. The van der Waals surface area contributed by atoms with E-state index in [9.17, 15) is 5.11 Å². The van der Waals surface area contributed by atoms with Crippen LogP contribution < -0.4 is 0 Å². The SMILES string of the molecule is C[C@H](O)/C=C/[C@@](O)(CO)[C@@H]1O[C@H]1C. The van der Waals surface area contributed by atoms with Gasteiger partial charge in [0.2, 0.25) is 0 Å². The Kier molecular flexibility index (Phi) is 3.08. The molecule has 0 amide bonds. The molecule has 1 heterocycles. The lowest BCUT2D eigenvalue weighted by atomic mass is 9.98. The molecule has 0 spiro atoms. The first kappa shape index (κ1) is 10.7. The van der Waals surface area contributed by atoms with Gasteiger partial charge in [-0.2, -0.15) is 0 Å². The van der Waals surface area contributed by atoms with Gasteiger partial charge >= 0.3 is 0 Å². The van der Waals surface area contributed by atoms with E-state index in [4.69, 9.17) is 14.9 Å². The van der Waals surface area contributed by atoms with E-state index in [0.717, 1.165) is 0 Å². The molecular formula is C9H16O4. The summed E-state index contributed by atoms with van der Waals surface area (Å²) in [5.41, 5.74) is -1.35. The summed E-state index contributed by atoms with van der Waals surface area (Å²) < 4.78 is 5.06. The molecular weight excluding hydrogens is 172 g/mol. The van der Waals surface area contributed by atoms with Gasteiger partial charge in [-0.1, -0.05) is 6.08 Å². The molecule has 13 heavy (non-hydrogen) atoms. The van der Waals surface area contributed by atoms with Crippen molar-refractivity contribution >= 4 is 0 Å². The summed E-state index contributed by atoms with van der Waals surface area (Å²) in [6.07, 6.45) is 1.81. The van der Waals surface area contributed by atoms with Crippen LogP contribution in [0.4, 0.5) is 0 Å². The standard InChI is InChI=1S/C9H16O4/c1-6(11)3-4-9(12,5-10)8-7(2)13-8/h3-4,6-8,10-12H,5H2,1-2H3/b4-3+/t6-,7-,8+,9+/m0/s1. The predicted molar refractivity (Wildman–Crippen MR) is 47.2 cm³/mol. The number of ether oxygens (including phenoxy) is 1. The van der Waals surface area contributed by atoms with Gasteiger partial charge in [0, 0.05) is 0 Å². The van der Waals surface area contributed by atoms with E-state index in [-0.39, 0.29) is 12.2 Å². The van der Waals surface area contributed by atoms with E-state index in [1.807, 2.05) is 6.92 Å². The molecule has 1 fully saturated rings. The van der Waals surface area contributed by atoms with Gasteiger partial charge in [-0.15, -0.1) is 0 Å². The van der Waals surface area contributed by atoms with Gasteiger partial charge in [0.05, 0.1) is 18.8 Å². The molecule has 4 nitrogen and oxygen atoms in total. The molecule has 4 heteroatoms. The number of hydrogen-bond donors (Lipinski definition) is 3. The summed E-state index contributed by atoms with van der Waals surface area (Å²) in [6, 6.07) is 0. The zero-order valence-corrected chi connectivity index (χ0v) is 7.84. The second-order valence-electron chi connectivity index (χ2n) is 3.51. The number of epoxide rings is 1. The van der Waals surface area contributed by atoms with Crippen LogP contribution in [0.3, 0.4) is 0 Å². The minimum atomic E-state index is -1.35. The molecule has 76 valence electrons. The summed E-state index contributed by atoms with van der Waals surface area (Å²) in [5.74, 6) is 0. The minimum absolute atomic E-state index is 0.0317. The van der Waals surface area contributed by atoms with E-state index in [1.54, 1.807) is 6.92 Å². The van der Waals surface area contributed by atoms with E-state index in [0.29, 0.717) is 0 Å². The Bertz CT molecular complexity index is 202. The first-order chi connectivity index (χ1) is 5.99. The van der Waals surface area contributed by atoms with Gasteiger partial charge in [-0.05, 0) is 19.9 Å². The predicted octanol–water partition coefficient (Wildman–Crippen LogP) is -0.566. The molecule has 0 aromatic carbocycles. The Morgan fingerprint density at radius 3 is 2.46 bits per heavy atom. The van der Waals surface area contributed by atoms with Crippen LogP contribution in [0.5, 0.6) is 0 Å². The number of aliphatic hydroxyl groups is 3. The number of rotatable bonds is 4. The molecule has 4 atom stereocenters. The molecule has 1 saturated heterocycles. The largest absolute Gasteiger partial charge is 0.393 e. The van der Waals surface area contributed by atoms with E-state index >= 15 is 0 Å². The van der Waals surface area contributed by atoms with Crippen LogP contribution >= 0.6 is 0 Å². The quantitative estimate of drug-likeness (QED) is 0.408. The summed E-state index contributed by atoms with van der Waals surface area (Å²) in [5, 5.41) is 27.7. The second-order valence-corrected chi connectivity index (χ2v) is 3.51. The van der Waals surface area contributed by atoms with Crippen LogP contribution in [0, 0.1) is 0 Å². The highest BCUT2D eigenvalue weighted by atomic mass is 16.6. The van der Waals surface area contributed by atoms with Crippen LogP contribution in [0.2, 0.25) is 0 Å². The van der Waals surface area contributed by atoms with Crippen molar-refractivity contribution in [1.82, 2.24) is 0 Å². The molecule has 0 radical (unpaired) electrons. The van der Waals surface area contributed by atoms with Crippen molar-refractivity contribution in [3.05, 3.63) is 12.2 Å². The Morgan fingerprint density at radius 1 is 1.62 bits per heavy atom. The Hall–Kier alpha value is -0.420. The van der Waals surface area contributed by atoms with Gasteiger partial charge in [-0.25, -0.2) is 0 Å². The smallest absolute Gasteiger partial charge is 0.134 e. The third-order valence-corrected chi connectivity index (χ3v) is 2.12. The summed E-state index contributed by atoms with van der Waals surface area (Å²) in [6.45, 7) is 3.00. The van der Waals surface area contributed by atoms with Crippen molar-refractivity contribution in [2.75, 3.05) is 6.61 Å². The van der Waals surface area contributed by atoms with Gasteiger partial charge < -0.3 is 20.1 Å². The van der Waals surface area contributed by atoms with E-state index in [1.165, 1.54) is 12.2 Å². The van der Waals surface area contributed by atoms with Crippen molar-refractivity contribution < 1.29 is 20.1 Å². The highest BCUT2D eigenvalue weighted by Crippen LogP contribution is 2.32. The summed E-state index contributed by atoms with van der Waals surface area (Å²) in [7, 11) is 0. The van der Waals surface area contributed by atoms with Crippen LogP contribution in [0.1, 0.15) is 13.8 Å². The maximum Gasteiger partial charge on any atom is 0.134 e. The molecule has 3 N–H and O–H groups in total. The van der Waals surface area contributed by atoms with Crippen LogP contribution in [-0.4, -0.2) is 45.8 Å². The number of hydrogen-bond acceptors (Lipinski definition) is 4. The van der Waals surface area contributed by atoms with Crippen molar-refractivity contribution in [2.45, 2.75) is 37.8 Å². The Balaban J connectivity index is 2.59. The van der Waals surface area contributed by atoms with E-state index < -0.39 is 18.3 Å². The fraction of sp³-hybridized carbons (Fsp3) is 0.778. The summed E-state index contributed by atoms with van der Waals surface area (Å²) in [4.78, 5) is 0. The van der Waals surface area contributed by atoms with Crippen LogP contribution in [0.25, 0.3) is 0 Å². The first-order valence-corrected chi connectivity index (χ1v) is 4.36. The van der Waals surface area contributed by atoms with E-state index in [2.05, 4.69) is 0 Å². The maximum atomic E-state index is 9.81. The molecule has 0 aromatic heterocycles. The average Bonchev–Trinajstić information content (AvgIpc) is 2.79. The minimum Gasteiger partial charge on any atom is -0.393 e. The fourth-order valence-corrected chi connectivity index (χ4v) is 1.25. The normalized spacial score (nSPS) is 34.5. The van der Waals surface area contributed by atoms with Gasteiger partial charge in [0.15, 0.2) is 0 Å². The highest BCUT2D eigenvalue weighted by Gasteiger charge is 2.49. The van der Waals surface area contributed by atoms with Crippen molar-refractivity contribution in [3.8, 4) is 0 Å². The molecule has 1 rings (SSSR count). The topological polar surface area (TPSA) is 73.2 Å². The average molecular weight is 188 g/mol. The molecule has 0 unspecified atom stereocenters. The lowest BCUT2D eigenvalue weighted by molar-refractivity contribution is 0.00367. The fourth-order valence-electron chi connectivity index (χ4n) is 1.25. The molecule has 0 aliphatic carbocycles. The third kappa shape index (κ3) is 2.51. The van der Waals surface area contributed by atoms with Crippen LogP contribution in [0.15, 0.2) is 12.2 Å². The third-order valence-electron chi connectivity index (χ3n) is 2.12. The maximum absolute atomic E-state index is 9.81. The van der Waals surface area contributed by atoms with Gasteiger partial charge in [-0.3, -0.25) is 0 Å². The Labute approximate surface area is 77.5 Å². The monoisotopic (exact) mass is 188 g/mol. The molecule has 0 aromatic rings. The Morgan fingerprint density at radius 2 is 2.15 bits per heavy atom. The lowest BCUT2D eigenvalue weighted by Crippen LogP contribution is -2.38. The molecule has 1 aliphatic rings. The van der Waals surface area contributed by atoms with Crippen molar-refractivity contribution in [2.24, 2.45) is 0 Å².